The van der Waals surface area contributed by atoms with Crippen LogP contribution in [0.4, 0.5) is 0 Å². The first-order valence-corrected chi connectivity index (χ1v) is 13.3. The normalized spacial score (nSPS) is 18.7. The molecule has 0 aromatic carbocycles. The molecule has 0 fully saturated rings. The number of aliphatic hydroxyl groups excluding tert-OH is 2. The van der Waals surface area contributed by atoms with Gasteiger partial charge in [0.15, 0.2) is 8.32 Å². The number of carboxylic acids is 1. The van der Waals surface area contributed by atoms with Gasteiger partial charge in [0.25, 0.3) is 0 Å². The van der Waals surface area contributed by atoms with Gasteiger partial charge in [-0.1, -0.05) is 45.9 Å². The second kappa shape index (κ2) is 13.2. The van der Waals surface area contributed by atoms with E-state index in [1.807, 2.05) is 26.8 Å². The van der Waals surface area contributed by atoms with Crippen LogP contribution < -0.4 is 0 Å². The molecule has 29 heavy (non-hydrogen) atoms. The van der Waals surface area contributed by atoms with Crippen LogP contribution in [0.2, 0.25) is 18.1 Å². The Hall–Kier alpha value is -1.21. The number of carbonyl (C=O) groups is 1. The standard InChI is InChI=1S/C23H42O5Si/c1-8-29(9-2,10-3)28-23(7,17-15-22(26)27)16-14-21(25)19(5)13-11-12-18(4)20(6)24/h13-18,20-21,24-25H,8-12H2,1-7H3,(H,26,27)/b16-14+,17-15+,19-13+/t18-,20+,21?,23+/m0/s1. The third-order valence-corrected chi connectivity index (χ3v) is 10.7. The third-order valence-electron chi connectivity index (χ3n) is 5.91. The van der Waals surface area contributed by atoms with Gasteiger partial charge in [-0.2, -0.15) is 0 Å². The first-order valence-electron chi connectivity index (χ1n) is 10.8. The van der Waals surface area contributed by atoms with Crippen LogP contribution in [-0.4, -0.2) is 47.4 Å². The molecule has 0 saturated carbocycles. The molecule has 4 atom stereocenters. The van der Waals surface area contributed by atoms with Crippen molar-refractivity contribution in [3.63, 3.8) is 0 Å². The Morgan fingerprint density at radius 3 is 2.10 bits per heavy atom. The molecule has 0 amide bonds. The molecule has 3 N–H and O–H groups in total. The van der Waals surface area contributed by atoms with E-state index in [9.17, 15) is 15.0 Å². The molecule has 0 radical (unpaired) electrons. The Labute approximate surface area is 178 Å². The van der Waals surface area contributed by atoms with Gasteiger partial charge in [-0.15, -0.1) is 0 Å². The van der Waals surface area contributed by atoms with Crippen molar-refractivity contribution in [2.45, 2.75) is 97.2 Å². The summed E-state index contributed by atoms with van der Waals surface area (Å²) in [5.74, 6) is -0.811. The summed E-state index contributed by atoms with van der Waals surface area (Å²) in [6.07, 6.45) is 8.64. The van der Waals surface area contributed by atoms with E-state index in [1.165, 1.54) is 0 Å². The maximum absolute atomic E-state index is 11.1. The highest BCUT2D eigenvalue weighted by atomic mass is 28.4. The van der Waals surface area contributed by atoms with Crippen LogP contribution in [0, 0.1) is 5.92 Å². The summed E-state index contributed by atoms with van der Waals surface area (Å²) in [5.41, 5.74) is -0.0528. The molecule has 0 heterocycles. The van der Waals surface area contributed by atoms with E-state index < -0.39 is 26.0 Å². The lowest BCUT2D eigenvalue weighted by atomic mass is 9.98. The zero-order chi connectivity index (χ0) is 22.7. The monoisotopic (exact) mass is 426 g/mol. The fraction of sp³-hybridized carbons (Fsp3) is 0.696. The van der Waals surface area contributed by atoms with E-state index in [0.29, 0.717) is 0 Å². The fourth-order valence-corrected chi connectivity index (χ4v) is 6.17. The van der Waals surface area contributed by atoms with E-state index in [-0.39, 0.29) is 12.0 Å². The summed E-state index contributed by atoms with van der Waals surface area (Å²) in [7, 11) is -1.98. The molecule has 0 spiro atoms. The van der Waals surface area contributed by atoms with Crippen LogP contribution in [0.15, 0.2) is 36.0 Å². The highest BCUT2D eigenvalue weighted by Gasteiger charge is 2.35. The molecule has 0 saturated heterocycles. The summed E-state index contributed by atoms with van der Waals surface area (Å²) in [5, 5.41) is 29.1. The van der Waals surface area contributed by atoms with Crippen molar-refractivity contribution in [2.24, 2.45) is 5.92 Å². The van der Waals surface area contributed by atoms with Crippen molar-refractivity contribution in [1.82, 2.24) is 0 Å². The second-order valence-corrected chi connectivity index (χ2v) is 12.9. The van der Waals surface area contributed by atoms with Gasteiger partial charge in [-0.3, -0.25) is 0 Å². The number of rotatable bonds is 14. The molecule has 0 rings (SSSR count). The lowest BCUT2D eigenvalue weighted by Gasteiger charge is -2.37. The van der Waals surface area contributed by atoms with Crippen LogP contribution in [-0.2, 0) is 9.22 Å². The van der Waals surface area contributed by atoms with Gasteiger partial charge in [0, 0.05) is 6.08 Å². The molecule has 1 unspecified atom stereocenters. The summed E-state index contributed by atoms with van der Waals surface area (Å²) < 4.78 is 6.54. The van der Waals surface area contributed by atoms with Gasteiger partial charge in [0.2, 0.25) is 0 Å². The van der Waals surface area contributed by atoms with Crippen molar-refractivity contribution >= 4 is 14.3 Å². The molecule has 5 nitrogen and oxygen atoms in total. The predicted molar refractivity (Wildman–Crippen MR) is 122 cm³/mol. The van der Waals surface area contributed by atoms with Gasteiger partial charge in [0.1, 0.15) is 0 Å². The van der Waals surface area contributed by atoms with Crippen molar-refractivity contribution in [3.05, 3.63) is 36.0 Å². The van der Waals surface area contributed by atoms with Crippen LogP contribution in [0.1, 0.15) is 61.3 Å². The molecule has 0 bridgehead atoms. The maximum atomic E-state index is 11.1. The maximum Gasteiger partial charge on any atom is 0.328 e. The van der Waals surface area contributed by atoms with Crippen molar-refractivity contribution in [1.29, 1.82) is 0 Å². The van der Waals surface area contributed by atoms with Gasteiger partial charge in [-0.05, 0) is 69.3 Å². The molecule has 0 aromatic heterocycles. The number of hydrogen-bond donors (Lipinski definition) is 3. The molecular formula is C23H42O5Si. The van der Waals surface area contributed by atoms with E-state index in [4.69, 9.17) is 9.53 Å². The minimum Gasteiger partial charge on any atom is -0.478 e. The average Bonchev–Trinajstić information content (AvgIpc) is 2.68. The number of carboxylic acid groups (broad SMARTS) is 1. The molecule has 0 aliphatic rings. The van der Waals surface area contributed by atoms with Gasteiger partial charge < -0.3 is 19.7 Å². The molecule has 6 heteroatoms. The topological polar surface area (TPSA) is 87.0 Å². The Kier molecular flexibility index (Phi) is 12.6. The second-order valence-electron chi connectivity index (χ2n) is 8.25. The van der Waals surface area contributed by atoms with Gasteiger partial charge >= 0.3 is 5.97 Å². The highest BCUT2D eigenvalue weighted by Crippen LogP contribution is 2.30. The Morgan fingerprint density at radius 1 is 1.10 bits per heavy atom. The molecule has 168 valence electrons. The molecule has 0 aromatic rings. The summed E-state index contributed by atoms with van der Waals surface area (Å²) in [6.45, 7) is 13.9. The SMILES string of the molecule is CC[Si](CC)(CC)O[C@@](C)(/C=C/C(=O)O)/C=C/C(O)/C(C)=C/CC[C@H](C)[C@@H](C)O. The highest BCUT2D eigenvalue weighted by molar-refractivity contribution is 6.73. The minimum atomic E-state index is -1.98. The minimum absolute atomic E-state index is 0.208. The predicted octanol–water partition coefficient (Wildman–Crippen LogP) is 5.07. The largest absolute Gasteiger partial charge is 0.478 e. The first kappa shape index (κ1) is 27.8. The molecule has 0 aliphatic heterocycles. The van der Waals surface area contributed by atoms with Crippen LogP contribution >= 0.6 is 0 Å². The van der Waals surface area contributed by atoms with Gasteiger partial charge in [0.05, 0.1) is 17.8 Å². The van der Waals surface area contributed by atoms with Crippen molar-refractivity contribution in [3.8, 4) is 0 Å². The fourth-order valence-electron chi connectivity index (χ4n) is 3.16. The molecular weight excluding hydrogens is 384 g/mol. The first-order chi connectivity index (χ1) is 13.4. The van der Waals surface area contributed by atoms with E-state index in [1.54, 1.807) is 25.2 Å². The van der Waals surface area contributed by atoms with E-state index >= 15 is 0 Å². The Morgan fingerprint density at radius 2 is 1.66 bits per heavy atom. The average molecular weight is 427 g/mol. The van der Waals surface area contributed by atoms with Crippen LogP contribution in [0.25, 0.3) is 0 Å². The quantitative estimate of drug-likeness (QED) is 0.205. The lowest BCUT2D eigenvalue weighted by molar-refractivity contribution is -0.131. The van der Waals surface area contributed by atoms with Crippen molar-refractivity contribution in [2.75, 3.05) is 0 Å². The van der Waals surface area contributed by atoms with Gasteiger partial charge in [-0.25, -0.2) is 4.79 Å². The number of aliphatic hydroxyl groups is 2. The number of aliphatic carboxylic acids is 1. The third kappa shape index (κ3) is 10.4. The van der Waals surface area contributed by atoms with Crippen molar-refractivity contribution < 1.29 is 24.5 Å². The van der Waals surface area contributed by atoms with E-state index in [2.05, 4.69) is 20.8 Å². The number of hydrogen-bond acceptors (Lipinski definition) is 4. The van der Waals surface area contributed by atoms with Crippen LogP contribution in [0.3, 0.4) is 0 Å². The smallest absolute Gasteiger partial charge is 0.328 e. The Bertz CT molecular complexity index is 570. The zero-order valence-electron chi connectivity index (χ0n) is 19.3. The Balaban J connectivity index is 5.40. The molecule has 0 aliphatic carbocycles. The lowest BCUT2D eigenvalue weighted by Crippen LogP contribution is -2.44. The zero-order valence-corrected chi connectivity index (χ0v) is 20.3. The summed E-state index contributed by atoms with van der Waals surface area (Å²) in [6, 6.07) is 2.86. The number of allylic oxidation sites excluding steroid dienone is 1. The summed E-state index contributed by atoms with van der Waals surface area (Å²) in [4.78, 5) is 11.1. The summed E-state index contributed by atoms with van der Waals surface area (Å²) >= 11 is 0. The van der Waals surface area contributed by atoms with Crippen LogP contribution in [0.5, 0.6) is 0 Å². The van der Waals surface area contributed by atoms with E-state index in [0.717, 1.165) is 42.6 Å².